The Labute approximate surface area is 192 Å². The van der Waals surface area contributed by atoms with Crippen LogP contribution in [0.15, 0.2) is 60.8 Å². The molecular formula is C25H27N5O3. The van der Waals surface area contributed by atoms with Crippen LogP contribution in [-0.4, -0.2) is 66.7 Å². The van der Waals surface area contributed by atoms with Crippen LogP contribution in [0.2, 0.25) is 0 Å². The van der Waals surface area contributed by atoms with Crippen LogP contribution in [0.25, 0.3) is 10.8 Å². The first-order chi connectivity index (χ1) is 16.0. The average Bonchev–Trinajstić information content (AvgIpc) is 3.08. The van der Waals surface area contributed by atoms with E-state index in [0.29, 0.717) is 0 Å². The molecule has 1 atom stereocenters. The molecule has 1 N–H and O–H groups in total. The number of benzene rings is 2. The highest BCUT2D eigenvalue weighted by Gasteiger charge is 2.49. The van der Waals surface area contributed by atoms with Gasteiger partial charge in [0, 0.05) is 32.4 Å². The summed E-state index contributed by atoms with van der Waals surface area (Å²) in [6.07, 6.45) is 1.79. The molecule has 0 unspecified atom stereocenters. The summed E-state index contributed by atoms with van der Waals surface area (Å²) < 4.78 is 5.29. The normalized spacial score (nSPS) is 21.5. The van der Waals surface area contributed by atoms with E-state index in [9.17, 15) is 9.59 Å². The second kappa shape index (κ2) is 8.37. The van der Waals surface area contributed by atoms with Crippen LogP contribution in [0.5, 0.6) is 5.75 Å². The van der Waals surface area contributed by atoms with Gasteiger partial charge in [-0.15, -0.1) is 0 Å². The van der Waals surface area contributed by atoms with Crippen molar-refractivity contribution in [3.8, 4) is 5.75 Å². The Bertz CT molecular complexity index is 1190. The van der Waals surface area contributed by atoms with Crippen LogP contribution in [0.4, 0.5) is 10.6 Å². The number of imide groups is 1. The van der Waals surface area contributed by atoms with Gasteiger partial charge in [-0.05, 0) is 53.6 Å². The van der Waals surface area contributed by atoms with Crippen LogP contribution in [0, 0.1) is 0 Å². The summed E-state index contributed by atoms with van der Waals surface area (Å²) in [5.41, 5.74) is -0.331. The molecule has 3 heterocycles. The number of anilines is 1. The van der Waals surface area contributed by atoms with Gasteiger partial charge in [0.05, 0.1) is 13.8 Å². The van der Waals surface area contributed by atoms with Crippen molar-refractivity contribution in [3.63, 3.8) is 0 Å². The Morgan fingerprint density at radius 1 is 1.00 bits per heavy atom. The van der Waals surface area contributed by atoms with Gasteiger partial charge in [-0.2, -0.15) is 0 Å². The largest absolute Gasteiger partial charge is 0.497 e. The lowest BCUT2D eigenvalue weighted by Gasteiger charge is -2.36. The Balaban J connectivity index is 1.29. The van der Waals surface area contributed by atoms with Crippen molar-refractivity contribution in [1.29, 1.82) is 0 Å². The molecule has 8 heteroatoms. The topological polar surface area (TPSA) is 78.0 Å². The molecule has 2 aromatic carbocycles. The van der Waals surface area contributed by atoms with E-state index >= 15 is 0 Å². The molecule has 2 fully saturated rings. The predicted octanol–water partition coefficient (Wildman–Crippen LogP) is 2.79. The number of hydrogen-bond donors (Lipinski definition) is 1. The summed E-state index contributed by atoms with van der Waals surface area (Å²) in [6.45, 7) is 5.15. The summed E-state index contributed by atoms with van der Waals surface area (Å²) >= 11 is 0. The second-order valence-corrected chi connectivity index (χ2v) is 8.65. The predicted molar refractivity (Wildman–Crippen MR) is 126 cm³/mol. The zero-order valence-electron chi connectivity index (χ0n) is 18.8. The number of nitrogens with zero attached hydrogens (tertiary/aromatic N) is 4. The minimum Gasteiger partial charge on any atom is -0.497 e. The molecule has 2 aliphatic heterocycles. The molecule has 0 radical (unpaired) electrons. The maximum atomic E-state index is 13.4. The van der Waals surface area contributed by atoms with Crippen LogP contribution in [-0.2, 0) is 10.3 Å². The number of fused-ring (bicyclic) bond motifs is 1. The lowest BCUT2D eigenvalue weighted by molar-refractivity contribution is -0.132. The highest BCUT2D eigenvalue weighted by Crippen LogP contribution is 2.32. The fraction of sp³-hybridized carbons (Fsp3) is 0.320. The number of piperazine rings is 1. The van der Waals surface area contributed by atoms with Crippen LogP contribution >= 0.6 is 0 Å². The number of nitrogens with one attached hydrogen (secondary N) is 1. The van der Waals surface area contributed by atoms with Crippen molar-refractivity contribution in [2.75, 3.05) is 44.9 Å². The van der Waals surface area contributed by atoms with Gasteiger partial charge in [0.25, 0.3) is 5.91 Å². The number of pyridine rings is 1. The van der Waals surface area contributed by atoms with E-state index in [1.54, 1.807) is 20.2 Å². The minimum atomic E-state index is -1.10. The molecule has 3 aromatic rings. The molecular weight excluding hydrogens is 418 g/mol. The first-order valence-electron chi connectivity index (χ1n) is 11.1. The number of amides is 3. The zero-order chi connectivity index (χ0) is 23.0. The summed E-state index contributed by atoms with van der Waals surface area (Å²) in [4.78, 5) is 36.3. The molecule has 8 nitrogen and oxygen atoms in total. The number of rotatable bonds is 5. The van der Waals surface area contributed by atoms with Gasteiger partial charge in [-0.3, -0.25) is 9.69 Å². The van der Waals surface area contributed by atoms with E-state index in [4.69, 9.17) is 4.74 Å². The van der Waals surface area contributed by atoms with E-state index in [1.165, 1.54) is 4.90 Å². The van der Waals surface area contributed by atoms with Crippen molar-refractivity contribution >= 4 is 28.5 Å². The van der Waals surface area contributed by atoms with Crippen LogP contribution < -0.4 is 15.0 Å². The standard InChI is InChI=1S/C25H27N5O3/c1-25(20-8-6-19-16-21(33-2)9-7-18(19)15-20)23(31)30(24(32)27-25)17-28-11-13-29(14-12-28)22-5-3-4-10-26-22/h3-10,15-16H,11-14,17H2,1-2H3,(H,27,32)/t25-/m1/s1. The van der Waals surface area contributed by atoms with E-state index in [-0.39, 0.29) is 18.6 Å². The molecule has 170 valence electrons. The van der Waals surface area contributed by atoms with E-state index in [1.807, 2.05) is 54.6 Å². The van der Waals surface area contributed by atoms with Crippen molar-refractivity contribution in [1.82, 2.24) is 20.1 Å². The lowest BCUT2D eigenvalue weighted by Crippen LogP contribution is -2.51. The summed E-state index contributed by atoms with van der Waals surface area (Å²) in [5, 5.41) is 4.93. The van der Waals surface area contributed by atoms with Gasteiger partial charge in [0.1, 0.15) is 17.1 Å². The van der Waals surface area contributed by atoms with Crippen molar-refractivity contribution in [3.05, 3.63) is 66.4 Å². The number of carbonyl (C=O) groups is 2. The Morgan fingerprint density at radius 2 is 1.76 bits per heavy atom. The first kappa shape index (κ1) is 21.2. The number of carbonyl (C=O) groups excluding carboxylic acids is 2. The SMILES string of the molecule is COc1ccc2cc([C@@]3(C)NC(=O)N(CN4CCN(c5ccccn5)CC4)C3=O)ccc2c1. The van der Waals surface area contributed by atoms with Crippen molar-refractivity contribution < 1.29 is 14.3 Å². The zero-order valence-corrected chi connectivity index (χ0v) is 18.8. The summed E-state index contributed by atoms with van der Waals surface area (Å²) in [6, 6.07) is 17.1. The Morgan fingerprint density at radius 3 is 2.48 bits per heavy atom. The number of methoxy groups -OCH3 is 1. The molecule has 33 heavy (non-hydrogen) atoms. The van der Waals surface area contributed by atoms with Gasteiger partial charge >= 0.3 is 6.03 Å². The summed E-state index contributed by atoms with van der Waals surface area (Å²) in [5.74, 6) is 1.50. The summed E-state index contributed by atoms with van der Waals surface area (Å²) in [7, 11) is 1.64. The highest BCUT2D eigenvalue weighted by molar-refractivity contribution is 6.07. The Kier molecular flexibility index (Phi) is 5.38. The van der Waals surface area contributed by atoms with Crippen molar-refractivity contribution in [2.24, 2.45) is 0 Å². The quantitative estimate of drug-likeness (QED) is 0.609. The van der Waals surface area contributed by atoms with E-state index in [0.717, 1.165) is 54.1 Å². The second-order valence-electron chi connectivity index (χ2n) is 8.65. The molecule has 5 rings (SSSR count). The molecule has 1 aromatic heterocycles. The third-order valence-electron chi connectivity index (χ3n) is 6.59. The van der Waals surface area contributed by atoms with Gasteiger partial charge < -0.3 is 15.0 Å². The molecule has 0 saturated carbocycles. The number of urea groups is 1. The van der Waals surface area contributed by atoms with E-state index < -0.39 is 5.54 Å². The molecule has 0 bridgehead atoms. The van der Waals surface area contributed by atoms with Crippen molar-refractivity contribution in [2.45, 2.75) is 12.5 Å². The maximum Gasteiger partial charge on any atom is 0.326 e. The minimum absolute atomic E-state index is 0.229. The smallest absolute Gasteiger partial charge is 0.326 e. The van der Waals surface area contributed by atoms with Crippen LogP contribution in [0.1, 0.15) is 12.5 Å². The fourth-order valence-electron chi connectivity index (χ4n) is 4.54. The van der Waals surface area contributed by atoms with Gasteiger partial charge in [-0.25, -0.2) is 14.7 Å². The number of ether oxygens (including phenoxy) is 1. The molecule has 0 aliphatic carbocycles. The van der Waals surface area contributed by atoms with Gasteiger partial charge in [0.2, 0.25) is 0 Å². The molecule has 0 spiro atoms. The Hall–Kier alpha value is -3.65. The number of aromatic nitrogens is 1. The third kappa shape index (κ3) is 3.87. The first-order valence-corrected chi connectivity index (χ1v) is 11.1. The van der Waals surface area contributed by atoms with Gasteiger partial charge in [-0.1, -0.05) is 24.3 Å². The van der Waals surface area contributed by atoms with E-state index in [2.05, 4.69) is 20.1 Å². The molecule has 3 amide bonds. The highest BCUT2D eigenvalue weighted by atomic mass is 16.5. The average molecular weight is 446 g/mol. The third-order valence-corrected chi connectivity index (χ3v) is 6.59. The van der Waals surface area contributed by atoms with Gasteiger partial charge in [0.15, 0.2) is 0 Å². The molecule has 2 saturated heterocycles. The lowest BCUT2D eigenvalue weighted by atomic mass is 9.90. The molecule has 2 aliphatic rings. The monoisotopic (exact) mass is 445 g/mol. The van der Waals surface area contributed by atoms with Crippen LogP contribution in [0.3, 0.4) is 0 Å². The fourth-order valence-corrected chi connectivity index (χ4v) is 4.54. The number of hydrogen-bond acceptors (Lipinski definition) is 6. The maximum absolute atomic E-state index is 13.4.